The van der Waals surface area contributed by atoms with E-state index in [0.717, 1.165) is 42.9 Å². The molecule has 0 amide bonds. The summed E-state index contributed by atoms with van der Waals surface area (Å²) in [6.45, 7) is 28.7. The molecule has 0 saturated heterocycles. The topological polar surface area (TPSA) is 107 Å². The van der Waals surface area contributed by atoms with E-state index in [9.17, 15) is 0 Å². The number of aliphatic hydroxyl groups excluding tert-OH is 1. The molecule has 5 N–H and O–H groups in total. The quantitative estimate of drug-likeness (QED) is 0.192. The molecule has 2 atom stereocenters. The number of terminal acetylenes is 1. The monoisotopic (exact) mass is 609 g/mol. The summed E-state index contributed by atoms with van der Waals surface area (Å²) in [5.74, 6) is 2.25. The molecule has 7 heteroatoms. The van der Waals surface area contributed by atoms with Crippen molar-refractivity contribution in [2.24, 2.45) is 20.7 Å². The maximum Gasteiger partial charge on any atom is 0.111 e. The molecule has 0 bridgehead atoms. The van der Waals surface area contributed by atoms with Gasteiger partial charge in [0.25, 0.3) is 0 Å². The van der Waals surface area contributed by atoms with Gasteiger partial charge in [-0.15, -0.1) is 18.9 Å². The van der Waals surface area contributed by atoms with E-state index in [1.54, 1.807) is 20.3 Å². The molecule has 2 aliphatic rings. The van der Waals surface area contributed by atoms with Crippen LogP contribution < -0.4 is 16.4 Å². The minimum atomic E-state index is 0.0833. The Kier molecular flexibility index (Phi) is 38.3. The summed E-state index contributed by atoms with van der Waals surface area (Å²) in [6, 6.07) is 7.17. The highest BCUT2D eigenvalue weighted by atomic mass is 16.2. The second-order valence-corrected chi connectivity index (χ2v) is 9.00. The zero-order chi connectivity index (χ0) is 34.8. The van der Waals surface area contributed by atoms with Crippen molar-refractivity contribution in [3.05, 3.63) is 78.6 Å². The van der Waals surface area contributed by atoms with Gasteiger partial charge in [0.1, 0.15) is 12.1 Å². The number of nitrogens with one attached hydrogen (secondary N) is 2. The van der Waals surface area contributed by atoms with Crippen molar-refractivity contribution in [1.29, 1.82) is 0 Å². The van der Waals surface area contributed by atoms with E-state index in [2.05, 4.69) is 89.7 Å². The molecule has 1 aromatic rings. The Labute approximate surface area is 271 Å². The van der Waals surface area contributed by atoms with Gasteiger partial charge in [0, 0.05) is 13.1 Å². The first kappa shape index (κ1) is 47.4. The number of hydrogen-bond donors (Lipinski definition) is 4. The number of fused-ring (bicyclic) bond motifs is 1. The zero-order valence-corrected chi connectivity index (χ0v) is 29.6. The lowest BCUT2D eigenvalue weighted by molar-refractivity contribution is 0.343. The van der Waals surface area contributed by atoms with Gasteiger partial charge in [0.2, 0.25) is 0 Å². The Balaban J connectivity index is -0.000000298. The Morgan fingerprint density at radius 2 is 1.77 bits per heavy atom. The van der Waals surface area contributed by atoms with E-state index in [4.69, 9.17) is 10.8 Å². The smallest absolute Gasteiger partial charge is 0.111 e. The Bertz CT molecular complexity index is 1020. The molecule has 0 radical (unpaired) electrons. The molecule has 7 nitrogen and oxygen atoms in total. The van der Waals surface area contributed by atoms with Crippen molar-refractivity contribution >= 4 is 23.8 Å². The minimum Gasteiger partial charge on any atom is -0.392 e. The number of nitrogens with two attached hydrogens (primary N) is 1. The number of benzene rings is 1. The van der Waals surface area contributed by atoms with Crippen LogP contribution in [0.4, 0.5) is 0 Å². The molecule has 1 aromatic carbocycles. The SMILES string of the molecule is C#CC.C/C=C/C.C=CCO.C=Cc1ccc2c(c1)CC[C@@H]2NC(=C)C1=NC=NCC1=NC.CC.CCC(C)N.CCNC. The van der Waals surface area contributed by atoms with Crippen LogP contribution in [-0.4, -0.2) is 62.7 Å². The molecule has 248 valence electrons. The first-order chi connectivity index (χ1) is 21.2. The normalized spacial score (nSPS) is 14.8. The van der Waals surface area contributed by atoms with Crippen LogP contribution in [-0.2, 0) is 6.42 Å². The summed E-state index contributed by atoms with van der Waals surface area (Å²) in [5.41, 5.74) is 11.7. The predicted molar refractivity (Wildman–Crippen MR) is 201 cm³/mol. The number of aliphatic imine (C=N–C) groups is 3. The lowest BCUT2D eigenvalue weighted by Gasteiger charge is -2.20. The van der Waals surface area contributed by atoms with Crippen molar-refractivity contribution in [1.82, 2.24) is 10.6 Å². The fourth-order valence-corrected chi connectivity index (χ4v) is 3.00. The van der Waals surface area contributed by atoms with Crippen molar-refractivity contribution in [3.63, 3.8) is 0 Å². The second-order valence-electron chi connectivity index (χ2n) is 9.00. The van der Waals surface area contributed by atoms with Crippen LogP contribution >= 0.6 is 0 Å². The Morgan fingerprint density at radius 1 is 1.25 bits per heavy atom. The number of aryl methyl sites for hydroxylation is 1. The number of aliphatic hydroxyl groups is 1. The highest BCUT2D eigenvalue weighted by Gasteiger charge is 2.24. The third-order valence-corrected chi connectivity index (χ3v) is 5.63. The third kappa shape index (κ3) is 25.0. The first-order valence-electron chi connectivity index (χ1n) is 15.5. The molecule has 0 aromatic heterocycles. The van der Waals surface area contributed by atoms with Gasteiger partial charge >= 0.3 is 0 Å². The molecular formula is C37H64N6O. The van der Waals surface area contributed by atoms with Gasteiger partial charge in [-0.1, -0.05) is 83.4 Å². The molecule has 1 aliphatic heterocycles. The van der Waals surface area contributed by atoms with Gasteiger partial charge in [-0.25, -0.2) is 4.99 Å². The van der Waals surface area contributed by atoms with Crippen LogP contribution in [0.3, 0.4) is 0 Å². The highest BCUT2D eigenvalue weighted by molar-refractivity contribution is 6.50. The lowest BCUT2D eigenvalue weighted by atomic mass is 10.0. The van der Waals surface area contributed by atoms with E-state index < -0.39 is 0 Å². The summed E-state index contributed by atoms with van der Waals surface area (Å²) >= 11 is 0. The third-order valence-electron chi connectivity index (χ3n) is 5.63. The zero-order valence-electron chi connectivity index (χ0n) is 29.6. The van der Waals surface area contributed by atoms with Gasteiger partial charge in [0.15, 0.2) is 0 Å². The van der Waals surface area contributed by atoms with Crippen LogP contribution in [0.15, 0.2) is 76.8 Å². The van der Waals surface area contributed by atoms with E-state index in [1.807, 2.05) is 59.9 Å². The number of nitrogens with zero attached hydrogens (tertiary/aromatic N) is 3. The summed E-state index contributed by atoms with van der Waals surface area (Å²) in [6.07, 6.45) is 16.7. The summed E-state index contributed by atoms with van der Waals surface area (Å²) < 4.78 is 0. The minimum absolute atomic E-state index is 0.0833. The molecule has 0 spiro atoms. The van der Waals surface area contributed by atoms with Crippen LogP contribution in [0.5, 0.6) is 0 Å². The molecule has 1 unspecified atom stereocenters. The van der Waals surface area contributed by atoms with E-state index >= 15 is 0 Å². The van der Waals surface area contributed by atoms with Crippen molar-refractivity contribution in [2.75, 3.05) is 33.8 Å². The highest BCUT2D eigenvalue weighted by Crippen LogP contribution is 2.32. The predicted octanol–water partition coefficient (Wildman–Crippen LogP) is 7.36. The Hall–Kier alpha value is -3.57. The van der Waals surface area contributed by atoms with Crippen LogP contribution in [0.1, 0.15) is 91.0 Å². The maximum absolute atomic E-state index is 7.76. The number of allylic oxidation sites excluding steroid dienone is 3. The van der Waals surface area contributed by atoms with Crippen LogP contribution in [0.25, 0.3) is 6.08 Å². The fourth-order valence-electron chi connectivity index (χ4n) is 3.00. The van der Waals surface area contributed by atoms with Crippen LogP contribution in [0.2, 0.25) is 0 Å². The van der Waals surface area contributed by atoms with Gasteiger partial charge in [-0.2, -0.15) is 0 Å². The second kappa shape index (κ2) is 35.6. The molecule has 0 saturated carbocycles. The maximum atomic E-state index is 7.76. The largest absolute Gasteiger partial charge is 0.392 e. The summed E-state index contributed by atoms with van der Waals surface area (Å²) in [5, 5.41) is 14.2. The molecular weight excluding hydrogens is 544 g/mol. The van der Waals surface area contributed by atoms with Crippen molar-refractivity contribution in [3.8, 4) is 12.3 Å². The molecule has 1 aliphatic carbocycles. The van der Waals surface area contributed by atoms with Crippen molar-refractivity contribution < 1.29 is 5.11 Å². The van der Waals surface area contributed by atoms with Gasteiger partial charge in [-0.05, 0) is 77.2 Å². The van der Waals surface area contributed by atoms with E-state index in [-0.39, 0.29) is 12.6 Å². The van der Waals surface area contributed by atoms with Gasteiger partial charge < -0.3 is 21.5 Å². The van der Waals surface area contributed by atoms with E-state index in [1.165, 1.54) is 22.8 Å². The molecule has 3 rings (SSSR count). The van der Waals surface area contributed by atoms with Crippen molar-refractivity contribution in [2.45, 2.75) is 86.7 Å². The lowest BCUT2D eigenvalue weighted by Crippen LogP contribution is -2.31. The Morgan fingerprint density at radius 3 is 2.16 bits per heavy atom. The van der Waals surface area contributed by atoms with Gasteiger partial charge in [-0.3, -0.25) is 9.98 Å². The van der Waals surface area contributed by atoms with E-state index in [0.29, 0.717) is 12.6 Å². The van der Waals surface area contributed by atoms with Crippen LogP contribution in [0, 0.1) is 12.3 Å². The fraction of sp³-hybridized carbons (Fsp3) is 0.486. The molecule has 44 heavy (non-hydrogen) atoms. The summed E-state index contributed by atoms with van der Waals surface area (Å²) in [4.78, 5) is 12.7. The molecule has 0 fully saturated rings. The molecule has 1 heterocycles. The number of rotatable bonds is 7. The summed E-state index contributed by atoms with van der Waals surface area (Å²) in [7, 11) is 3.70. The van der Waals surface area contributed by atoms with Gasteiger partial charge in [0.05, 0.1) is 30.6 Å². The standard InChI is InChI=1S/C18H20N4.C4H11N.C4H8.C3H9N.C3H6O.C3H4.C2H6/c1-4-13-5-7-15-14(9-13)6-8-16(15)22-12(2)18-17(19-3)10-20-11-21-18;1-3-4(2)5;2*1-3-4-2;1-2-3-4;1-3-2;1-2/h4-5,7,9,11,16,22H,1-2,6,8,10H2,3H3;4H,3,5H2,1-2H3;3-4H,1-2H3;4H,3H2,1-2H3;2,4H,1,3H2;1H,2H3;1-2H3/b;;4-3+;;;;/t16-;;;;;;/m0....../s1. The number of hydrogen-bond acceptors (Lipinski definition) is 7. The average Bonchev–Trinajstić information content (AvgIpc) is 3.47. The first-order valence-corrected chi connectivity index (χ1v) is 15.5. The average molecular weight is 609 g/mol.